The summed E-state index contributed by atoms with van der Waals surface area (Å²) in [7, 11) is 0. The van der Waals surface area contributed by atoms with Crippen LogP contribution in [0, 0.1) is 29.6 Å². The minimum atomic E-state index is 0.482. The third-order valence-electron chi connectivity index (χ3n) is 6.68. The highest BCUT2D eigenvalue weighted by molar-refractivity contribution is 5.16. The van der Waals surface area contributed by atoms with Crippen LogP contribution in [0.3, 0.4) is 0 Å². The van der Waals surface area contributed by atoms with Crippen molar-refractivity contribution < 1.29 is 0 Å². The molecule has 4 fully saturated rings. The van der Waals surface area contributed by atoms with Gasteiger partial charge in [-0.25, -0.2) is 4.68 Å². The van der Waals surface area contributed by atoms with Gasteiger partial charge in [-0.2, -0.15) is 4.98 Å². The average molecular weight is 272 g/mol. The molecule has 4 saturated carbocycles. The number of aryl methyl sites for hydroxylation is 1. The highest BCUT2D eigenvalue weighted by atomic mass is 15.4. The van der Waals surface area contributed by atoms with Crippen LogP contribution in [-0.2, 0) is 6.42 Å². The molecule has 1 aromatic rings. The number of nitrogens with zero attached hydrogens (tertiary/aromatic N) is 3. The van der Waals surface area contributed by atoms with Gasteiger partial charge in [0, 0.05) is 6.42 Å². The van der Waals surface area contributed by atoms with E-state index in [1.54, 1.807) is 0 Å². The van der Waals surface area contributed by atoms with Crippen molar-refractivity contribution in [3.8, 4) is 0 Å². The standard InChI is InChI=1S/C16H24N4/c17-16-18-14-3-1-2-13(20(14)19-16)15-11-5-9-4-10(7-11)8-12(15)6-9/h9-13,15H,1-8H2,(H2,17,19). The monoisotopic (exact) mass is 272 g/mol. The minimum absolute atomic E-state index is 0.482. The van der Waals surface area contributed by atoms with Crippen molar-refractivity contribution in [1.29, 1.82) is 0 Å². The molecule has 1 atom stereocenters. The number of fused-ring (bicyclic) bond motifs is 1. The van der Waals surface area contributed by atoms with Gasteiger partial charge in [0.2, 0.25) is 5.95 Å². The van der Waals surface area contributed by atoms with Crippen LogP contribution >= 0.6 is 0 Å². The van der Waals surface area contributed by atoms with Crippen LogP contribution in [-0.4, -0.2) is 14.8 Å². The summed E-state index contributed by atoms with van der Waals surface area (Å²) >= 11 is 0. The molecule has 2 heterocycles. The molecule has 108 valence electrons. The zero-order valence-electron chi connectivity index (χ0n) is 12.0. The molecule has 6 rings (SSSR count). The summed E-state index contributed by atoms with van der Waals surface area (Å²) in [5, 5.41) is 4.55. The van der Waals surface area contributed by atoms with Crippen molar-refractivity contribution in [2.24, 2.45) is 29.6 Å². The van der Waals surface area contributed by atoms with Crippen LogP contribution in [0.2, 0.25) is 0 Å². The van der Waals surface area contributed by atoms with Crippen molar-refractivity contribution in [3.05, 3.63) is 5.82 Å². The summed E-state index contributed by atoms with van der Waals surface area (Å²) in [4.78, 5) is 4.44. The lowest BCUT2D eigenvalue weighted by molar-refractivity contribution is -0.0641. The van der Waals surface area contributed by atoms with Gasteiger partial charge < -0.3 is 5.73 Å². The maximum atomic E-state index is 5.85. The van der Waals surface area contributed by atoms with Gasteiger partial charge in [0.05, 0.1) is 6.04 Å². The molecule has 0 aromatic carbocycles. The Labute approximate surface area is 120 Å². The van der Waals surface area contributed by atoms with Gasteiger partial charge in [0.25, 0.3) is 0 Å². The normalized spacial score (nSPS) is 45.6. The van der Waals surface area contributed by atoms with Crippen LogP contribution in [0.5, 0.6) is 0 Å². The smallest absolute Gasteiger partial charge is 0.239 e. The summed E-state index contributed by atoms with van der Waals surface area (Å²) in [5.74, 6) is 6.53. The second-order valence-corrected chi connectivity index (χ2v) is 7.80. The zero-order chi connectivity index (χ0) is 13.3. The largest absolute Gasteiger partial charge is 0.366 e. The van der Waals surface area contributed by atoms with E-state index < -0.39 is 0 Å². The molecular weight excluding hydrogens is 248 g/mol. The Bertz CT molecular complexity index is 507. The van der Waals surface area contributed by atoms with E-state index in [2.05, 4.69) is 14.8 Å². The topological polar surface area (TPSA) is 56.7 Å². The van der Waals surface area contributed by atoms with Gasteiger partial charge in [-0.05, 0) is 74.5 Å². The molecule has 0 radical (unpaired) electrons. The van der Waals surface area contributed by atoms with E-state index in [-0.39, 0.29) is 0 Å². The zero-order valence-corrected chi connectivity index (χ0v) is 12.0. The van der Waals surface area contributed by atoms with Crippen molar-refractivity contribution in [2.75, 3.05) is 5.73 Å². The highest BCUT2D eigenvalue weighted by Gasteiger charge is 2.51. The second-order valence-electron chi connectivity index (χ2n) is 7.80. The second kappa shape index (κ2) is 3.99. The average Bonchev–Trinajstić information content (AvgIpc) is 2.78. The molecule has 2 N–H and O–H groups in total. The number of anilines is 1. The third kappa shape index (κ3) is 1.54. The molecular formula is C16H24N4. The summed E-state index contributed by atoms with van der Waals surface area (Å²) in [6.07, 6.45) is 11.1. The van der Waals surface area contributed by atoms with Crippen LogP contribution < -0.4 is 5.73 Å². The van der Waals surface area contributed by atoms with Crippen LogP contribution in [0.4, 0.5) is 5.95 Å². The molecule has 0 saturated heterocycles. The van der Waals surface area contributed by atoms with E-state index in [0.717, 1.165) is 41.8 Å². The fourth-order valence-corrected chi connectivity index (χ4v) is 6.35. The molecule has 4 nitrogen and oxygen atoms in total. The van der Waals surface area contributed by atoms with E-state index in [0.29, 0.717) is 12.0 Å². The first-order valence-corrected chi connectivity index (χ1v) is 8.49. The Morgan fingerprint density at radius 1 is 1.00 bits per heavy atom. The molecule has 4 heteroatoms. The van der Waals surface area contributed by atoms with Crippen LogP contribution in [0.15, 0.2) is 0 Å². The Kier molecular flexibility index (Phi) is 2.31. The van der Waals surface area contributed by atoms with Gasteiger partial charge in [-0.1, -0.05) is 0 Å². The van der Waals surface area contributed by atoms with Crippen molar-refractivity contribution in [1.82, 2.24) is 14.8 Å². The first kappa shape index (κ1) is 11.6. The Morgan fingerprint density at radius 3 is 2.40 bits per heavy atom. The van der Waals surface area contributed by atoms with Crippen molar-refractivity contribution in [3.63, 3.8) is 0 Å². The lowest BCUT2D eigenvalue weighted by Crippen LogP contribution is -2.48. The first-order valence-electron chi connectivity index (χ1n) is 8.49. The predicted molar refractivity (Wildman–Crippen MR) is 76.9 cm³/mol. The van der Waals surface area contributed by atoms with Gasteiger partial charge in [0.15, 0.2) is 0 Å². The molecule has 0 amide bonds. The molecule has 20 heavy (non-hydrogen) atoms. The summed E-state index contributed by atoms with van der Waals surface area (Å²) in [6, 6.07) is 0.596. The Morgan fingerprint density at radius 2 is 1.70 bits per heavy atom. The molecule has 1 aromatic heterocycles. The van der Waals surface area contributed by atoms with E-state index in [1.807, 2.05) is 0 Å². The maximum absolute atomic E-state index is 5.85. The number of rotatable bonds is 1. The molecule has 0 spiro atoms. The molecule has 4 bridgehead atoms. The maximum Gasteiger partial charge on any atom is 0.239 e. The third-order valence-corrected chi connectivity index (χ3v) is 6.68. The van der Waals surface area contributed by atoms with E-state index in [1.165, 1.54) is 44.9 Å². The van der Waals surface area contributed by atoms with Crippen molar-refractivity contribution >= 4 is 5.95 Å². The Balaban J connectivity index is 1.51. The van der Waals surface area contributed by atoms with Gasteiger partial charge in [-0.15, -0.1) is 5.10 Å². The lowest BCUT2D eigenvalue weighted by atomic mass is 9.50. The van der Waals surface area contributed by atoms with Gasteiger partial charge in [0.1, 0.15) is 5.82 Å². The molecule has 1 aliphatic heterocycles. The first-order chi connectivity index (χ1) is 9.78. The quantitative estimate of drug-likeness (QED) is 0.855. The summed E-state index contributed by atoms with van der Waals surface area (Å²) in [6.45, 7) is 0. The highest BCUT2D eigenvalue weighted by Crippen LogP contribution is 2.60. The molecule has 1 unspecified atom stereocenters. The van der Waals surface area contributed by atoms with Crippen LogP contribution in [0.25, 0.3) is 0 Å². The number of nitrogens with two attached hydrogens (primary N) is 1. The SMILES string of the molecule is Nc1nc2n(n1)C(C1C3CC4CC(C3)CC1C4)CCC2. The number of hydrogen-bond donors (Lipinski definition) is 1. The fourth-order valence-electron chi connectivity index (χ4n) is 6.35. The summed E-state index contributed by atoms with van der Waals surface area (Å²) in [5.41, 5.74) is 5.85. The Hall–Kier alpha value is -1.06. The minimum Gasteiger partial charge on any atom is -0.366 e. The van der Waals surface area contributed by atoms with Gasteiger partial charge in [-0.3, -0.25) is 0 Å². The van der Waals surface area contributed by atoms with E-state index >= 15 is 0 Å². The van der Waals surface area contributed by atoms with E-state index in [9.17, 15) is 0 Å². The number of aromatic nitrogens is 3. The predicted octanol–water partition coefficient (Wildman–Crippen LogP) is 2.81. The molecule has 5 aliphatic rings. The number of hydrogen-bond acceptors (Lipinski definition) is 3. The van der Waals surface area contributed by atoms with Crippen LogP contribution in [0.1, 0.15) is 56.8 Å². The number of nitrogen functional groups attached to an aromatic ring is 1. The molecule has 4 aliphatic carbocycles. The van der Waals surface area contributed by atoms with E-state index in [4.69, 9.17) is 5.73 Å². The summed E-state index contributed by atoms with van der Waals surface area (Å²) < 4.78 is 2.23. The van der Waals surface area contributed by atoms with Crippen molar-refractivity contribution in [2.45, 2.75) is 57.4 Å². The van der Waals surface area contributed by atoms with Gasteiger partial charge >= 0.3 is 0 Å². The lowest BCUT2D eigenvalue weighted by Gasteiger charge is -2.56. The fraction of sp³-hybridized carbons (Fsp3) is 0.875.